The van der Waals surface area contributed by atoms with Crippen LogP contribution in [-0.2, 0) is 0 Å². The van der Waals surface area contributed by atoms with E-state index in [1.165, 1.54) is 32.1 Å². The average molecular weight is 179 g/mol. The van der Waals surface area contributed by atoms with Crippen molar-refractivity contribution >= 4 is 0 Å². The number of allylic oxidation sites excluding steroid dienone is 2. The molecular weight excluding hydrogens is 158 g/mol. The van der Waals surface area contributed by atoms with Crippen LogP contribution < -0.4 is 5.73 Å². The first kappa shape index (κ1) is 9.26. The van der Waals surface area contributed by atoms with Gasteiger partial charge in [0.25, 0.3) is 0 Å². The Labute approximate surface area is 81.4 Å². The fraction of sp³-hybridized carbons (Fsp3) is 0.833. The highest BCUT2D eigenvalue weighted by molar-refractivity contribution is 5.12. The molecule has 1 nitrogen and oxygen atoms in total. The molecule has 0 saturated heterocycles. The third-order valence-electron chi connectivity index (χ3n) is 4.12. The van der Waals surface area contributed by atoms with Crippen molar-refractivity contribution < 1.29 is 0 Å². The van der Waals surface area contributed by atoms with Gasteiger partial charge < -0.3 is 5.73 Å². The molecule has 1 fully saturated rings. The summed E-state index contributed by atoms with van der Waals surface area (Å²) in [5.41, 5.74) is 6.80. The summed E-state index contributed by atoms with van der Waals surface area (Å²) in [6.07, 6.45) is 11.3. The van der Waals surface area contributed by atoms with Crippen molar-refractivity contribution in [3.63, 3.8) is 0 Å². The Morgan fingerprint density at radius 2 is 2.00 bits per heavy atom. The third-order valence-corrected chi connectivity index (χ3v) is 4.12. The van der Waals surface area contributed by atoms with Crippen molar-refractivity contribution in [1.29, 1.82) is 0 Å². The Bertz CT molecular complexity index is 218. The van der Waals surface area contributed by atoms with Gasteiger partial charge in [-0.15, -0.1) is 0 Å². The molecule has 0 aromatic carbocycles. The molecule has 1 atom stereocenters. The number of nitrogens with two attached hydrogens (primary N) is 1. The van der Waals surface area contributed by atoms with Gasteiger partial charge >= 0.3 is 0 Å². The maximum atomic E-state index is 6.28. The van der Waals surface area contributed by atoms with E-state index in [1.54, 1.807) is 0 Å². The Morgan fingerprint density at radius 3 is 2.38 bits per heavy atom. The molecule has 2 aliphatic carbocycles. The van der Waals surface area contributed by atoms with E-state index in [0.717, 1.165) is 5.92 Å². The fourth-order valence-corrected chi connectivity index (χ4v) is 3.01. The fourth-order valence-electron chi connectivity index (χ4n) is 3.01. The van der Waals surface area contributed by atoms with Crippen LogP contribution in [0.2, 0.25) is 0 Å². The van der Waals surface area contributed by atoms with Crippen LogP contribution in [0, 0.1) is 11.3 Å². The second-order valence-corrected chi connectivity index (χ2v) is 5.36. The standard InChI is InChI=1S/C12H21N/c1-11(2,13)12(8-9-12)10-6-4-3-5-7-10/h3-4,10H,5-9,13H2,1-2H3. The molecule has 13 heavy (non-hydrogen) atoms. The lowest BCUT2D eigenvalue weighted by atomic mass is 9.70. The normalized spacial score (nSPS) is 31.8. The highest BCUT2D eigenvalue weighted by Crippen LogP contribution is 2.61. The van der Waals surface area contributed by atoms with E-state index in [2.05, 4.69) is 26.0 Å². The summed E-state index contributed by atoms with van der Waals surface area (Å²) in [4.78, 5) is 0. The van der Waals surface area contributed by atoms with Crippen molar-refractivity contribution in [2.24, 2.45) is 17.1 Å². The quantitative estimate of drug-likeness (QED) is 0.648. The van der Waals surface area contributed by atoms with Crippen LogP contribution in [0.5, 0.6) is 0 Å². The molecule has 1 heteroatoms. The molecule has 0 spiro atoms. The summed E-state index contributed by atoms with van der Waals surface area (Å²) in [6, 6.07) is 0. The lowest BCUT2D eigenvalue weighted by molar-refractivity contribution is 0.176. The van der Waals surface area contributed by atoms with Crippen LogP contribution in [0.4, 0.5) is 0 Å². The summed E-state index contributed by atoms with van der Waals surface area (Å²) in [5.74, 6) is 0.859. The minimum atomic E-state index is 0.0306. The van der Waals surface area contributed by atoms with E-state index in [4.69, 9.17) is 5.73 Å². The number of rotatable bonds is 2. The monoisotopic (exact) mass is 179 g/mol. The Kier molecular flexibility index (Phi) is 2.03. The molecule has 0 aromatic rings. The summed E-state index contributed by atoms with van der Waals surface area (Å²) in [6.45, 7) is 4.41. The summed E-state index contributed by atoms with van der Waals surface area (Å²) in [7, 11) is 0. The predicted octanol–water partition coefficient (Wildman–Crippen LogP) is 2.86. The third kappa shape index (κ3) is 1.43. The summed E-state index contributed by atoms with van der Waals surface area (Å²) in [5, 5.41) is 0. The predicted molar refractivity (Wildman–Crippen MR) is 56.4 cm³/mol. The molecule has 0 aliphatic heterocycles. The lowest BCUT2D eigenvalue weighted by Crippen LogP contribution is -2.46. The van der Waals surface area contributed by atoms with Crippen LogP contribution in [0.25, 0.3) is 0 Å². The van der Waals surface area contributed by atoms with E-state index in [1.807, 2.05) is 0 Å². The molecule has 0 amide bonds. The molecule has 74 valence electrons. The maximum Gasteiger partial charge on any atom is 0.0156 e. The van der Waals surface area contributed by atoms with E-state index in [0.29, 0.717) is 5.41 Å². The van der Waals surface area contributed by atoms with E-state index in [9.17, 15) is 0 Å². The van der Waals surface area contributed by atoms with Gasteiger partial charge in [-0.3, -0.25) is 0 Å². The average Bonchev–Trinajstić information content (AvgIpc) is 2.84. The summed E-state index contributed by atoms with van der Waals surface area (Å²) < 4.78 is 0. The van der Waals surface area contributed by atoms with Gasteiger partial charge in [-0.25, -0.2) is 0 Å². The minimum absolute atomic E-state index is 0.0306. The SMILES string of the molecule is CC(C)(N)C1(C2CC=CCC2)CC1. The van der Waals surface area contributed by atoms with Gasteiger partial charge in [-0.1, -0.05) is 12.2 Å². The van der Waals surface area contributed by atoms with Gasteiger partial charge in [0.05, 0.1) is 0 Å². The molecule has 1 saturated carbocycles. The number of hydrogen-bond donors (Lipinski definition) is 1. The molecule has 2 N–H and O–H groups in total. The van der Waals surface area contributed by atoms with Crippen molar-refractivity contribution in [3.05, 3.63) is 12.2 Å². The molecule has 1 unspecified atom stereocenters. The number of hydrogen-bond acceptors (Lipinski definition) is 1. The maximum absolute atomic E-state index is 6.28. The van der Waals surface area contributed by atoms with Gasteiger partial charge in [0, 0.05) is 5.54 Å². The topological polar surface area (TPSA) is 26.0 Å². The van der Waals surface area contributed by atoms with Crippen molar-refractivity contribution in [2.45, 2.75) is 51.5 Å². The largest absolute Gasteiger partial charge is 0.325 e. The first-order valence-electron chi connectivity index (χ1n) is 5.50. The van der Waals surface area contributed by atoms with Crippen LogP contribution in [0.3, 0.4) is 0 Å². The van der Waals surface area contributed by atoms with Crippen LogP contribution in [-0.4, -0.2) is 5.54 Å². The van der Waals surface area contributed by atoms with Crippen LogP contribution in [0.15, 0.2) is 12.2 Å². The van der Waals surface area contributed by atoms with Gasteiger partial charge in [0.15, 0.2) is 0 Å². The van der Waals surface area contributed by atoms with E-state index >= 15 is 0 Å². The first-order chi connectivity index (χ1) is 6.06. The zero-order chi connectivity index (χ0) is 9.53. The van der Waals surface area contributed by atoms with Crippen molar-refractivity contribution in [3.8, 4) is 0 Å². The first-order valence-corrected chi connectivity index (χ1v) is 5.50. The smallest absolute Gasteiger partial charge is 0.0156 e. The zero-order valence-electron chi connectivity index (χ0n) is 8.84. The van der Waals surface area contributed by atoms with E-state index in [-0.39, 0.29) is 5.54 Å². The molecule has 2 rings (SSSR count). The second-order valence-electron chi connectivity index (χ2n) is 5.36. The van der Waals surface area contributed by atoms with Gasteiger partial charge in [-0.2, -0.15) is 0 Å². The van der Waals surface area contributed by atoms with Crippen LogP contribution >= 0.6 is 0 Å². The van der Waals surface area contributed by atoms with Gasteiger partial charge in [-0.05, 0) is 57.3 Å². The van der Waals surface area contributed by atoms with Gasteiger partial charge in [0.1, 0.15) is 0 Å². The minimum Gasteiger partial charge on any atom is -0.325 e. The molecule has 2 aliphatic rings. The van der Waals surface area contributed by atoms with Crippen molar-refractivity contribution in [1.82, 2.24) is 0 Å². The molecule has 0 bridgehead atoms. The second kappa shape index (κ2) is 2.84. The van der Waals surface area contributed by atoms with E-state index < -0.39 is 0 Å². The molecule has 0 radical (unpaired) electrons. The molecular formula is C12H21N. The van der Waals surface area contributed by atoms with Crippen LogP contribution in [0.1, 0.15) is 46.0 Å². The molecule has 0 heterocycles. The Morgan fingerprint density at radius 1 is 1.31 bits per heavy atom. The zero-order valence-corrected chi connectivity index (χ0v) is 8.84. The van der Waals surface area contributed by atoms with Crippen molar-refractivity contribution in [2.75, 3.05) is 0 Å². The Balaban J connectivity index is 2.11. The highest BCUT2D eigenvalue weighted by atomic mass is 14.8. The van der Waals surface area contributed by atoms with Gasteiger partial charge in [0.2, 0.25) is 0 Å². The summed E-state index contributed by atoms with van der Waals surface area (Å²) >= 11 is 0. The lowest BCUT2D eigenvalue weighted by Gasteiger charge is -2.38. The molecule has 0 aromatic heterocycles. The Hall–Kier alpha value is -0.300. The highest BCUT2D eigenvalue weighted by Gasteiger charge is 2.56.